The summed E-state index contributed by atoms with van der Waals surface area (Å²) in [7, 11) is 0. The van der Waals surface area contributed by atoms with Gasteiger partial charge in [-0.2, -0.15) is 5.10 Å². The van der Waals surface area contributed by atoms with Crippen LogP contribution in [0.5, 0.6) is 0 Å². The maximum absolute atomic E-state index is 11.6. The van der Waals surface area contributed by atoms with Crippen LogP contribution >= 0.6 is 11.3 Å². The highest BCUT2D eigenvalue weighted by atomic mass is 32.1. The molecule has 4 heteroatoms. The average Bonchev–Trinajstić information content (AvgIpc) is 2.62. The SMILES string of the molecule is CCc1cc2c(=O)[nH]nc(C(C)C)c2s1. The van der Waals surface area contributed by atoms with Crippen LogP contribution in [0.15, 0.2) is 10.9 Å². The summed E-state index contributed by atoms with van der Waals surface area (Å²) < 4.78 is 1.05. The van der Waals surface area contributed by atoms with E-state index in [0.717, 1.165) is 22.2 Å². The third-order valence-corrected chi connectivity index (χ3v) is 3.74. The first-order valence-electron chi connectivity index (χ1n) is 5.14. The van der Waals surface area contributed by atoms with E-state index in [1.54, 1.807) is 11.3 Å². The van der Waals surface area contributed by atoms with E-state index in [0.29, 0.717) is 5.92 Å². The Morgan fingerprint density at radius 3 is 2.87 bits per heavy atom. The van der Waals surface area contributed by atoms with Crippen molar-refractivity contribution in [3.63, 3.8) is 0 Å². The molecular formula is C11H14N2OS. The molecule has 0 unspecified atom stereocenters. The third-order valence-electron chi connectivity index (χ3n) is 2.43. The molecule has 0 aliphatic heterocycles. The van der Waals surface area contributed by atoms with Gasteiger partial charge in [0.1, 0.15) is 0 Å². The standard InChI is InChI=1S/C11H14N2OS/c1-4-7-5-8-10(15-7)9(6(2)3)12-13-11(8)14/h5-6H,4H2,1-3H3,(H,13,14). The molecule has 2 rings (SSSR count). The molecule has 15 heavy (non-hydrogen) atoms. The van der Waals surface area contributed by atoms with E-state index in [9.17, 15) is 4.79 Å². The van der Waals surface area contributed by atoms with Gasteiger partial charge in [-0.1, -0.05) is 20.8 Å². The molecule has 0 spiro atoms. The first-order chi connectivity index (χ1) is 7.13. The molecule has 0 bridgehead atoms. The van der Waals surface area contributed by atoms with Gasteiger partial charge >= 0.3 is 0 Å². The Hall–Kier alpha value is -1.16. The molecule has 2 aromatic heterocycles. The van der Waals surface area contributed by atoms with E-state index in [-0.39, 0.29) is 5.56 Å². The van der Waals surface area contributed by atoms with Gasteiger partial charge in [-0.25, -0.2) is 5.10 Å². The van der Waals surface area contributed by atoms with E-state index < -0.39 is 0 Å². The van der Waals surface area contributed by atoms with Crippen molar-refractivity contribution in [3.8, 4) is 0 Å². The predicted octanol–water partition coefficient (Wildman–Crippen LogP) is 2.67. The first kappa shape index (κ1) is 10.4. The lowest BCUT2D eigenvalue weighted by Crippen LogP contribution is -2.10. The third kappa shape index (κ3) is 1.69. The molecule has 0 aliphatic rings. The van der Waals surface area contributed by atoms with Crippen molar-refractivity contribution in [1.82, 2.24) is 10.2 Å². The molecule has 80 valence electrons. The van der Waals surface area contributed by atoms with Crippen LogP contribution in [0.25, 0.3) is 10.1 Å². The van der Waals surface area contributed by atoms with Crippen LogP contribution < -0.4 is 5.56 Å². The maximum Gasteiger partial charge on any atom is 0.272 e. The highest BCUT2D eigenvalue weighted by molar-refractivity contribution is 7.19. The maximum atomic E-state index is 11.6. The minimum Gasteiger partial charge on any atom is -0.267 e. The van der Waals surface area contributed by atoms with Crippen molar-refractivity contribution in [2.24, 2.45) is 0 Å². The molecule has 2 aromatic rings. The number of aromatic amines is 1. The van der Waals surface area contributed by atoms with Gasteiger partial charge in [0, 0.05) is 4.88 Å². The van der Waals surface area contributed by atoms with E-state index in [2.05, 4.69) is 31.0 Å². The van der Waals surface area contributed by atoms with E-state index in [1.165, 1.54) is 4.88 Å². The number of nitrogens with one attached hydrogen (secondary N) is 1. The number of rotatable bonds is 2. The number of nitrogens with zero attached hydrogens (tertiary/aromatic N) is 1. The molecule has 2 heterocycles. The minimum absolute atomic E-state index is 0.0784. The van der Waals surface area contributed by atoms with E-state index >= 15 is 0 Å². The summed E-state index contributed by atoms with van der Waals surface area (Å²) in [4.78, 5) is 12.8. The highest BCUT2D eigenvalue weighted by Gasteiger charge is 2.12. The lowest BCUT2D eigenvalue weighted by Gasteiger charge is -2.03. The van der Waals surface area contributed by atoms with E-state index in [1.807, 2.05) is 6.07 Å². The molecule has 0 amide bonds. The van der Waals surface area contributed by atoms with Crippen LogP contribution in [-0.2, 0) is 6.42 Å². The molecule has 0 atom stereocenters. The largest absolute Gasteiger partial charge is 0.272 e. The number of H-pyrrole nitrogens is 1. The Bertz CT molecular complexity index is 539. The van der Waals surface area contributed by atoms with Gasteiger partial charge < -0.3 is 0 Å². The number of hydrogen-bond donors (Lipinski definition) is 1. The quantitative estimate of drug-likeness (QED) is 0.849. The van der Waals surface area contributed by atoms with Gasteiger partial charge in [-0.15, -0.1) is 11.3 Å². The summed E-state index contributed by atoms with van der Waals surface area (Å²) in [5.74, 6) is 0.340. The Kier molecular flexibility index (Phi) is 2.61. The van der Waals surface area contributed by atoms with Crippen LogP contribution in [0.4, 0.5) is 0 Å². The van der Waals surface area contributed by atoms with Crippen molar-refractivity contribution in [3.05, 3.63) is 27.0 Å². The summed E-state index contributed by atoms with van der Waals surface area (Å²) in [6.45, 7) is 6.28. The molecule has 3 nitrogen and oxygen atoms in total. The molecule has 1 N–H and O–H groups in total. The summed E-state index contributed by atoms with van der Waals surface area (Å²) >= 11 is 1.68. The van der Waals surface area contributed by atoms with Crippen LogP contribution in [-0.4, -0.2) is 10.2 Å². The Morgan fingerprint density at radius 1 is 1.53 bits per heavy atom. The number of thiophene rings is 1. The molecular weight excluding hydrogens is 208 g/mol. The van der Waals surface area contributed by atoms with E-state index in [4.69, 9.17) is 0 Å². The fraction of sp³-hybridized carbons (Fsp3) is 0.455. The van der Waals surface area contributed by atoms with Gasteiger partial charge in [-0.05, 0) is 18.4 Å². The van der Waals surface area contributed by atoms with Crippen LogP contribution in [0.1, 0.15) is 37.3 Å². The fourth-order valence-corrected chi connectivity index (χ4v) is 2.82. The Labute approximate surface area is 92.1 Å². The van der Waals surface area contributed by atoms with Crippen molar-refractivity contribution in [1.29, 1.82) is 0 Å². The molecule has 0 radical (unpaired) electrons. The van der Waals surface area contributed by atoms with Gasteiger partial charge in [0.05, 0.1) is 15.8 Å². The second-order valence-corrected chi connectivity index (χ2v) is 5.04. The predicted molar refractivity (Wildman–Crippen MR) is 63.7 cm³/mol. The van der Waals surface area contributed by atoms with Gasteiger partial charge in [0.25, 0.3) is 5.56 Å². The fourth-order valence-electron chi connectivity index (χ4n) is 1.59. The number of fused-ring (bicyclic) bond motifs is 1. The van der Waals surface area contributed by atoms with Gasteiger partial charge in [-0.3, -0.25) is 4.79 Å². The average molecular weight is 222 g/mol. The first-order valence-corrected chi connectivity index (χ1v) is 5.96. The smallest absolute Gasteiger partial charge is 0.267 e. The number of aryl methyl sites for hydroxylation is 1. The van der Waals surface area contributed by atoms with Crippen LogP contribution in [0.2, 0.25) is 0 Å². The van der Waals surface area contributed by atoms with Crippen molar-refractivity contribution < 1.29 is 0 Å². The van der Waals surface area contributed by atoms with Gasteiger partial charge in [0.15, 0.2) is 0 Å². The minimum atomic E-state index is -0.0784. The molecule has 0 saturated carbocycles. The monoisotopic (exact) mass is 222 g/mol. The molecule has 0 aromatic carbocycles. The Morgan fingerprint density at radius 2 is 2.27 bits per heavy atom. The summed E-state index contributed by atoms with van der Waals surface area (Å²) in [6.07, 6.45) is 0.969. The number of hydrogen-bond acceptors (Lipinski definition) is 3. The molecule has 0 saturated heterocycles. The second-order valence-electron chi connectivity index (χ2n) is 3.90. The van der Waals surface area contributed by atoms with Crippen molar-refractivity contribution in [2.75, 3.05) is 0 Å². The normalized spacial score (nSPS) is 11.5. The lowest BCUT2D eigenvalue weighted by molar-refractivity contribution is 0.795. The zero-order chi connectivity index (χ0) is 11.0. The summed E-state index contributed by atoms with van der Waals surface area (Å²) in [6, 6.07) is 1.98. The van der Waals surface area contributed by atoms with Crippen LogP contribution in [0.3, 0.4) is 0 Å². The van der Waals surface area contributed by atoms with Crippen molar-refractivity contribution >= 4 is 21.4 Å². The summed E-state index contributed by atoms with van der Waals surface area (Å²) in [5.41, 5.74) is 0.916. The topological polar surface area (TPSA) is 45.8 Å². The second kappa shape index (κ2) is 3.77. The number of aromatic nitrogens is 2. The molecule has 0 aliphatic carbocycles. The Balaban J connectivity index is 2.80. The zero-order valence-corrected chi connectivity index (χ0v) is 9.94. The van der Waals surface area contributed by atoms with Crippen molar-refractivity contribution in [2.45, 2.75) is 33.1 Å². The lowest BCUT2D eigenvalue weighted by atomic mass is 10.1. The highest BCUT2D eigenvalue weighted by Crippen LogP contribution is 2.28. The van der Waals surface area contributed by atoms with Gasteiger partial charge in [0.2, 0.25) is 0 Å². The molecule has 0 fully saturated rings. The zero-order valence-electron chi connectivity index (χ0n) is 9.13. The summed E-state index contributed by atoms with van der Waals surface area (Å²) in [5, 5.41) is 7.48. The van der Waals surface area contributed by atoms with Crippen LogP contribution in [0, 0.1) is 0 Å².